The van der Waals surface area contributed by atoms with Gasteiger partial charge < -0.3 is 14.8 Å². The quantitative estimate of drug-likeness (QED) is 0.767. The van der Waals surface area contributed by atoms with Crippen LogP contribution in [0.1, 0.15) is 55.5 Å². The van der Waals surface area contributed by atoms with E-state index in [0.29, 0.717) is 17.9 Å². The third-order valence-corrected chi connectivity index (χ3v) is 6.12. The van der Waals surface area contributed by atoms with Gasteiger partial charge in [-0.3, -0.25) is 9.58 Å². The van der Waals surface area contributed by atoms with Crippen LogP contribution < -0.4 is 5.32 Å². The molecule has 26 heavy (non-hydrogen) atoms. The fraction of sp³-hybridized carbons (Fsp3) is 0.850. The van der Waals surface area contributed by atoms with Crippen molar-refractivity contribution in [1.82, 2.24) is 20.0 Å². The molecule has 1 aromatic heterocycles. The lowest BCUT2D eigenvalue weighted by Crippen LogP contribution is -2.30. The molecule has 6 nitrogen and oxygen atoms in total. The Morgan fingerprint density at radius 1 is 1.38 bits per heavy atom. The summed E-state index contributed by atoms with van der Waals surface area (Å²) in [5.74, 6) is 0.609. The van der Waals surface area contributed by atoms with Crippen molar-refractivity contribution >= 4 is 0 Å². The van der Waals surface area contributed by atoms with Crippen LogP contribution in [0, 0.1) is 5.41 Å². The number of hydrogen-bond acceptors (Lipinski definition) is 5. The monoisotopic (exact) mass is 364 g/mol. The van der Waals surface area contributed by atoms with Crippen LogP contribution in [-0.2, 0) is 29.2 Å². The van der Waals surface area contributed by atoms with Crippen molar-refractivity contribution in [2.75, 3.05) is 47.5 Å². The van der Waals surface area contributed by atoms with E-state index in [1.165, 1.54) is 42.6 Å². The van der Waals surface area contributed by atoms with E-state index in [4.69, 9.17) is 14.6 Å². The van der Waals surface area contributed by atoms with Crippen LogP contribution in [0.15, 0.2) is 0 Å². The van der Waals surface area contributed by atoms with E-state index in [2.05, 4.69) is 28.9 Å². The Balaban J connectivity index is 1.78. The summed E-state index contributed by atoms with van der Waals surface area (Å²) in [6.45, 7) is 8.57. The number of fused-ring (bicyclic) bond motifs is 1. The second kappa shape index (κ2) is 8.83. The SMILES string of the molecule is CNCCN(C)Cc1nn2c(c1[C@H]1CC[C@](C)(COC)CC1)COCC2. The normalized spacial score (nSPS) is 26.3. The van der Waals surface area contributed by atoms with Gasteiger partial charge in [-0.2, -0.15) is 5.10 Å². The van der Waals surface area contributed by atoms with Crippen molar-refractivity contribution in [3.63, 3.8) is 0 Å². The van der Waals surface area contributed by atoms with Crippen molar-refractivity contribution in [3.05, 3.63) is 17.0 Å². The van der Waals surface area contributed by atoms with Gasteiger partial charge in [-0.1, -0.05) is 6.92 Å². The lowest BCUT2D eigenvalue weighted by molar-refractivity contribution is 0.0566. The van der Waals surface area contributed by atoms with Gasteiger partial charge in [0.2, 0.25) is 0 Å². The minimum Gasteiger partial charge on any atom is -0.384 e. The standard InChI is InChI=1S/C20H36N4O2/c1-20(15-25-4)7-5-16(6-8-20)19-17(13-23(3)10-9-21-2)22-24-11-12-26-14-18(19)24/h16,21H,5-15H2,1-4H3/t16-,20-. The minimum absolute atomic E-state index is 0.332. The number of aromatic nitrogens is 2. The highest BCUT2D eigenvalue weighted by Gasteiger charge is 2.35. The molecule has 1 fully saturated rings. The number of rotatable bonds is 8. The number of methoxy groups -OCH3 is 1. The molecule has 0 radical (unpaired) electrons. The Kier molecular flexibility index (Phi) is 6.72. The van der Waals surface area contributed by atoms with Crippen molar-refractivity contribution in [1.29, 1.82) is 0 Å². The molecule has 0 unspecified atom stereocenters. The Hall–Kier alpha value is -0.950. The molecular weight excluding hydrogens is 328 g/mol. The predicted octanol–water partition coefficient (Wildman–Crippen LogP) is 2.37. The van der Waals surface area contributed by atoms with Crippen molar-refractivity contribution in [2.24, 2.45) is 5.41 Å². The first-order valence-electron chi connectivity index (χ1n) is 10.0. The van der Waals surface area contributed by atoms with Gasteiger partial charge in [0.1, 0.15) is 0 Å². The molecule has 0 aromatic carbocycles. The van der Waals surface area contributed by atoms with Gasteiger partial charge >= 0.3 is 0 Å². The van der Waals surface area contributed by atoms with E-state index in [-0.39, 0.29) is 0 Å². The van der Waals surface area contributed by atoms with E-state index >= 15 is 0 Å². The molecule has 0 spiro atoms. The molecule has 1 aromatic rings. The molecule has 1 aliphatic carbocycles. The van der Waals surface area contributed by atoms with Gasteiger partial charge in [0.05, 0.1) is 37.8 Å². The maximum absolute atomic E-state index is 5.79. The zero-order chi connectivity index (χ0) is 18.6. The molecular formula is C20H36N4O2. The van der Waals surface area contributed by atoms with Gasteiger partial charge in [-0.05, 0) is 51.1 Å². The molecule has 2 aliphatic rings. The topological polar surface area (TPSA) is 51.6 Å². The van der Waals surface area contributed by atoms with Crippen LogP contribution in [0.3, 0.4) is 0 Å². The van der Waals surface area contributed by atoms with Crippen LogP contribution in [0.2, 0.25) is 0 Å². The maximum Gasteiger partial charge on any atom is 0.0888 e. The smallest absolute Gasteiger partial charge is 0.0888 e. The highest BCUT2D eigenvalue weighted by atomic mass is 16.5. The van der Waals surface area contributed by atoms with Gasteiger partial charge in [0.25, 0.3) is 0 Å². The Bertz CT molecular complexity index is 579. The first-order valence-corrected chi connectivity index (χ1v) is 10.0. The average Bonchev–Trinajstić information content (AvgIpc) is 2.98. The molecule has 0 bridgehead atoms. The van der Waals surface area contributed by atoms with E-state index in [1.807, 2.05) is 14.2 Å². The molecule has 2 heterocycles. The fourth-order valence-corrected chi connectivity index (χ4v) is 4.54. The maximum atomic E-state index is 5.79. The summed E-state index contributed by atoms with van der Waals surface area (Å²) in [6, 6.07) is 0. The molecule has 3 rings (SSSR count). The van der Waals surface area contributed by atoms with Crippen molar-refractivity contribution < 1.29 is 9.47 Å². The van der Waals surface area contributed by atoms with Crippen LogP contribution in [0.25, 0.3) is 0 Å². The second-order valence-corrected chi connectivity index (χ2v) is 8.44. The summed E-state index contributed by atoms with van der Waals surface area (Å²) in [4.78, 5) is 2.37. The van der Waals surface area contributed by atoms with Gasteiger partial charge in [-0.25, -0.2) is 0 Å². The summed E-state index contributed by atoms with van der Waals surface area (Å²) in [7, 11) is 6.01. The Labute approximate surface area is 158 Å². The fourth-order valence-electron chi connectivity index (χ4n) is 4.54. The molecule has 1 saturated carbocycles. The van der Waals surface area contributed by atoms with Crippen LogP contribution in [0.4, 0.5) is 0 Å². The van der Waals surface area contributed by atoms with E-state index in [0.717, 1.165) is 39.4 Å². The minimum atomic E-state index is 0.332. The summed E-state index contributed by atoms with van der Waals surface area (Å²) < 4.78 is 13.5. The average molecular weight is 365 g/mol. The van der Waals surface area contributed by atoms with E-state index < -0.39 is 0 Å². The van der Waals surface area contributed by atoms with Crippen LogP contribution in [0.5, 0.6) is 0 Å². The van der Waals surface area contributed by atoms with Crippen LogP contribution in [-0.4, -0.2) is 62.2 Å². The van der Waals surface area contributed by atoms with Crippen molar-refractivity contribution in [2.45, 2.75) is 58.2 Å². The highest BCUT2D eigenvalue weighted by Crippen LogP contribution is 2.45. The summed E-state index contributed by atoms with van der Waals surface area (Å²) in [6.07, 6.45) is 4.91. The first kappa shape index (κ1) is 19.8. The largest absolute Gasteiger partial charge is 0.384 e. The van der Waals surface area contributed by atoms with Crippen molar-refractivity contribution in [3.8, 4) is 0 Å². The number of nitrogens with zero attached hydrogens (tertiary/aromatic N) is 3. The molecule has 0 saturated heterocycles. The van der Waals surface area contributed by atoms with Gasteiger partial charge in [0.15, 0.2) is 0 Å². The molecule has 0 amide bonds. The number of ether oxygens (including phenoxy) is 2. The highest BCUT2D eigenvalue weighted by molar-refractivity contribution is 5.31. The Morgan fingerprint density at radius 3 is 2.85 bits per heavy atom. The van der Waals surface area contributed by atoms with E-state index in [9.17, 15) is 0 Å². The Morgan fingerprint density at radius 2 is 2.15 bits per heavy atom. The third kappa shape index (κ3) is 4.47. The van der Waals surface area contributed by atoms with E-state index in [1.54, 1.807) is 0 Å². The molecule has 6 heteroatoms. The summed E-state index contributed by atoms with van der Waals surface area (Å²) >= 11 is 0. The van der Waals surface area contributed by atoms with Gasteiger partial charge in [0, 0.05) is 32.3 Å². The van der Waals surface area contributed by atoms with Gasteiger partial charge in [-0.15, -0.1) is 0 Å². The van der Waals surface area contributed by atoms with Crippen LogP contribution >= 0.6 is 0 Å². The zero-order valence-corrected chi connectivity index (χ0v) is 17.0. The first-order chi connectivity index (χ1) is 12.6. The lowest BCUT2D eigenvalue weighted by atomic mass is 9.70. The zero-order valence-electron chi connectivity index (χ0n) is 17.0. The molecule has 1 aliphatic heterocycles. The third-order valence-electron chi connectivity index (χ3n) is 6.12. The molecule has 1 N–H and O–H groups in total. The molecule has 148 valence electrons. The number of nitrogens with one attached hydrogen (secondary N) is 1. The summed E-state index contributed by atoms with van der Waals surface area (Å²) in [5, 5.41) is 8.23. The predicted molar refractivity (Wildman–Crippen MR) is 103 cm³/mol. The number of hydrogen-bond donors (Lipinski definition) is 1. The summed E-state index contributed by atoms with van der Waals surface area (Å²) in [5.41, 5.74) is 4.41. The second-order valence-electron chi connectivity index (χ2n) is 8.44. The molecule has 0 atom stereocenters. The lowest BCUT2D eigenvalue weighted by Gasteiger charge is -2.37. The number of likely N-dealkylation sites (N-methyl/N-ethyl adjacent to an activating group) is 2.